The third kappa shape index (κ3) is 4.07. The molecule has 1 aromatic rings. The second-order valence-corrected chi connectivity index (χ2v) is 8.91. The molecule has 2 rings (SSSR count). The third-order valence-corrected chi connectivity index (χ3v) is 6.33. The lowest BCUT2D eigenvalue weighted by Gasteiger charge is -2.34. The Morgan fingerprint density at radius 3 is 2.26 bits per heavy atom. The highest BCUT2D eigenvalue weighted by molar-refractivity contribution is 7.89. The number of hydrogen-bond donors (Lipinski definition) is 0. The Hall–Kier alpha value is -1.07. The van der Waals surface area contributed by atoms with E-state index in [2.05, 4.69) is 13.8 Å². The number of rotatable bonds is 5. The van der Waals surface area contributed by atoms with Crippen molar-refractivity contribution in [2.75, 3.05) is 19.7 Å². The molecule has 1 heterocycles. The van der Waals surface area contributed by atoms with Crippen LogP contribution in [-0.2, 0) is 10.0 Å². The number of aryl methyl sites for hydroxylation is 2. The smallest absolute Gasteiger partial charge is 0.246 e. The van der Waals surface area contributed by atoms with Crippen LogP contribution in [0.5, 0.6) is 5.75 Å². The Bertz CT molecular complexity index is 644. The average molecular weight is 340 g/mol. The normalized spacial score (nSPS) is 23.0. The van der Waals surface area contributed by atoms with Crippen molar-refractivity contribution in [3.8, 4) is 5.75 Å². The van der Waals surface area contributed by atoms with Crippen molar-refractivity contribution >= 4 is 10.0 Å². The molecule has 0 bridgehead atoms. The molecule has 1 fully saturated rings. The highest BCUT2D eigenvalue weighted by Crippen LogP contribution is 2.33. The molecular formula is C18H29NO3S. The topological polar surface area (TPSA) is 46.6 Å². The summed E-state index contributed by atoms with van der Waals surface area (Å²) in [4.78, 5) is 0.315. The van der Waals surface area contributed by atoms with E-state index in [-0.39, 0.29) is 0 Å². The van der Waals surface area contributed by atoms with Crippen molar-refractivity contribution in [1.29, 1.82) is 0 Å². The highest BCUT2D eigenvalue weighted by Gasteiger charge is 2.33. The van der Waals surface area contributed by atoms with Crippen LogP contribution in [0.2, 0.25) is 0 Å². The Balaban J connectivity index is 2.43. The van der Waals surface area contributed by atoms with Gasteiger partial charge in [-0.05, 0) is 61.8 Å². The summed E-state index contributed by atoms with van der Waals surface area (Å²) < 4.78 is 33.7. The maximum absolute atomic E-state index is 13.2. The fourth-order valence-corrected chi connectivity index (χ4v) is 5.11. The van der Waals surface area contributed by atoms with Crippen LogP contribution in [0.3, 0.4) is 0 Å². The van der Waals surface area contributed by atoms with E-state index in [1.807, 2.05) is 26.8 Å². The largest absolute Gasteiger partial charge is 0.492 e. The first-order valence-corrected chi connectivity index (χ1v) is 9.93. The fourth-order valence-electron chi connectivity index (χ4n) is 3.23. The van der Waals surface area contributed by atoms with Crippen LogP contribution in [0.25, 0.3) is 0 Å². The first kappa shape index (κ1) is 18.3. The number of hydrogen-bond acceptors (Lipinski definition) is 3. The van der Waals surface area contributed by atoms with E-state index in [1.165, 1.54) is 0 Å². The molecule has 1 aromatic carbocycles. The lowest BCUT2D eigenvalue weighted by molar-refractivity contribution is 0.221. The quantitative estimate of drug-likeness (QED) is 0.820. The number of sulfonamides is 1. The molecule has 130 valence electrons. The summed E-state index contributed by atoms with van der Waals surface area (Å²) in [6, 6.07) is 3.62. The van der Waals surface area contributed by atoms with Crippen LogP contribution in [0.15, 0.2) is 17.0 Å². The minimum atomic E-state index is -3.52. The summed E-state index contributed by atoms with van der Waals surface area (Å²) in [5, 5.41) is 0. The maximum atomic E-state index is 13.2. The second kappa shape index (κ2) is 7.22. The van der Waals surface area contributed by atoms with Gasteiger partial charge >= 0.3 is 0 Å². The van der Waals surface area contributed by atoms with Crippen LogP contribution in [0, 0.1) is 25.7 Å². The molecule has 0 spiro atoms. The summed E-state index contributed by atoms with van der Waals surface area (Å²) in [5.41, 5.74) is 2.03. The van der Waals surface area contributed by atoms with Crippen molar-refractivity contribution in [2.45, 2.75) is 52.4 Å². The van der Waals surface area contributed by atoms with Crippen molar-refractivity contribution in [1.82, 2.24) is 4.31 Å². The van der Waals surface area contributed by atoms with Crippen LogP contribution >= 0.6 is 0 Å². The molecule has 23 heavy (non-hydrogen) atoms. The molecule has 0 aliphatic carbocycles. The van der Waals surface area contributed by atoms with Crippen LogP contribution in [0.4, 0.5) is 0 Å². The van der Waals surface area contributed by atoms with Crippen LogP contribution in [-0.4, -0.2) is 32.4 Å². The molecule has 0 radical (unpaired) electrons. The van der Waals surface area contributed by atoms with E-state index >= 15 is 0 Å². The Kier molecular flexibility index (Phi) is 5.74. The van der Waals surface area contributed by atoms with Crippen LogP contribution < -0.4 is 4.74 Å². The van der Waals surface area contributed by atoms with Gasteiger partial charge in [0.15, 0.2) is 0 Å². The van der Waals surface area contributed by atoms with Crippen molar-refractivity contribution in [3.05, 3.63) is 23.3 Å². The molecular weight excluding hydrogens is 310 g/mol. The molecule has 2 atom stereocenters. The van der Waals surface area contributed by atoms with Crippen molar-refractivity contribution < 1.29 is 13.2 Å². The number of piperidine rings is 1. The van der Waals surface area contributed by atoms with E-state index in [4.69, 9.17) is 4.74 Å². The van der Waals surface area contributed by atoms with Crippen molar-refractivity contribution in [3.63, 3.8) is 0 Å². The van der Waals surface area contributed by atoms with Crippen LogP contribution in [0.1, 0.15) is 44.7 Å². The van der Waals surface area contributed by atoms with E-state index in [9.17, 15) is 8.42 Å². The molecule has 0 saturated carbocycles. The SMILES string of the molecule is CCCOc1cc(C)c(C)cc1S(=O)(=O)N1C[C@H](C)C[C@H](C)C1. The first-order valence-electron chi connectivity index (χ1n) is 8.49. The minimum Gasteiger partial charge on any atom is -0.492 e. The predicted molar refractivity (Wildman–Crippen MR) is 93.4 cm³/mol. The Morgan fingerprint density at radius 1 is 1.13 bits per heavy atom. The summed E-state index contributed by atoms with van der Waals surface area (Å²) >= 11 is 0. The lowest BCUT2D eigenvalue weighted by Crippen LogP contribution is -2.42. The molecule has 0 unspecified atom stereocenters. The summed E-state index contributed by atoms with van der Waals surface area (Å²) in [6.07, 6.45) is 1.93. The van der Waals surface area contributed by atoms with Gasteiger partial charge in [0, 0.05) is 13.1 Å². The molecule has 0 N–H and O–H groups in total. The van der Waals surface area contributed by atoms with Gasteiger partial charge < -0.3 is 4.74 Å². The van der Waals surface area contributed by atoms with E-state index in [1.54, 1.807) is 10.4 Å². The number of ether oxygens (including phenoxy) is 1. The number of benzene rings is 1. The minimum absolute atomic E-state index is 0.315. The monoisotopic (exact) mass is 339 g/mol. The zero-order valence-corrected chi connectivity index (χ0v) is 15.7. The Labute approximate surface area is 140 Å². The highest BCUT2D eigenvalue weighted by atomic mass is 32.2. The van der Waals surface area contributed by atoms with Gasteiger partial charge in [-0.3, -0.25) is 0 Å². The van der Waals surface area contributed by atoms with Gasteiger partial charge in [-0.15, -0.1) is 0 Å². The molecule has 1 aliphatic rings. The zero-order chi connectivity index (χ0) is 17.2. The second-order valence-electron chi connectivity index (χ2n) is 7.00. The van der Waals surface area contributed by atoms with Gasteiger partial charge in [-0.1, -0.05) is 20.8 Å². The third-order valence-electron chi connectivity index (χ3n) is 4.47. The summed E-state index contributed by atoms with van der Waals surface area (Å²) in [6.45, 7) is 11.9. The van der Waals surface area contributed by atoms with Gasteiger partial charge in [-0.25, -0.2) is 8.42 Å². The van der Waals surface area contributed by atoms with Gasteiger partial charge in [0.05, 0.1) is 6.61 Å². The molecule has 0 aromatic heterocycles. The van der Waals surface area contributed by atoms with Gasteiger partial charge in [0.1, 0.15) is 10.6 Å². The standard InChI is InChI=1S/C18H29NO3S/c1-6-7-22-17-9-15(4)16(5)10-18(17)23(20,21)19-11-13(2)8-14(3)12-19/h9-10,13-14H,6-8,11-12H2,1-5H3/t13-,14+. The van der Waals surface area contributed by atoms with Gasteiger partial charge in [0.2, 0.25) is 10.0 Å². The van der Waals surface area contributed by atoms with E-state index < -0.39 is 10.0 Å². The molecule has 1 saturated heterocycles. The van der Waals surface area contributed by atoms with Gasteiger partial charge in [0.25, 0.3) is 0 Å². The Morgan fingerprint density at radius 2 is 1.70 bits per heavy atom. The molecule has 5 heteroatoms. The molecule has 0 amide bonds. The van der Waals surface area contributed by atoms with Gasteiger partial charge in [-0.2, -0.15) is 4.31 Å². The molecule has 1 aliphatic heterocycles. The summed E-state index contributed by atoms with van der Waals surface area (Å²) in [5.74, 6) is 1.26. The first-order chi connectivity index (χ1) is 10.8. The average Bonchev–Trinajstić information content (AvgIpc) is 2.47. The maximum Gasteiger partial charge on any atom is 0.246 e. The fraction of sp³-hybridized carbons (Fsp3) is 0.667. The van der Waals surface area contributed by atoms with E-state index in [0.717, 1.165) is 24.0 Å². The predicted octanol–water partition coefficient (Wildman–Crippen LogP) is 3.76. The van der Waals surface area contributed by atoms with Crippen molar-refractivity contribution in [2.24, 2.45) is 11.8 Å². The van der Waals surface area contributed by atoms with E-state index in [0.29, 0.717) is 42.2 Å². The zero-order valence-electron chi connectivity index (χ0n) is 14.9. The number of nitrogens with zero attached hydrogens (tertiary/aromatic N) is 1. The molecule has 4 nitrogen and oxygen atoms in total. The lowest BCUT2D eigenvalue weighted by atomic mass is 9.94. The summed E-state index contributed by atoms with van der Waals surface area (Å²) in [7, 11) is -3.52.